The van der Waals surface area contributed by atoms with Gasteiger partial charge < -0.3 is 0 Å². The number of rotatable bonds is 2. The molecule has 0 aliphatic rings. The fourth-order valence-corrected chi connectivity index (χ4v) is 1.20. The van der Waals surface area contributed by atoms with Crippen LogP contribution in [0.5, 0.6) is 0 Å². The Bertz CT molecular complexity index is 358. The third kappa shape index (κ3) is 2.25. The van der Waals surface area contributed by atoms with Crippen molar-refractivity contribution in [1.29, 1.82) is 0 Å². The summed E-state index contributed by atoms with van der Waals surface area (Å²) in [6, 6.07) is 6.34. The Hall–Kier alpha value is -0.960. The molecule has 0 fully saturated rings. The van der Waals surface area contributed by atoms with Crippen molar-refractivity contribution in [3.05, 3.63) is 40.1 Å². The zero-order valence-corrected chi connectivity index (χ0v) is 8.64. The minimum Gasteiger partial charge on any atom is -0.297 e. The molecular formula is C10H8BrFO. The number of carbonyl (C=O) groups is 1. The number of carbonyl (C=O) groups excluding carboxylic acids is 1. The van der Waals surface area contributed by atoms with Crippen LogP contribution in [-0.2, 0) is 4.79 Å². The van der Waals surface area contributed by atoms with E-state index < -0.39 is 0 Å². The Balaban J connectivity index is 3.23. The molecule has 0 aliphatic heterocycles. The predicted molar refractivity (Wildman–Crippen MR) is 54.0 cm³/mol. The lowest BCUT2D eigenvalue weighted by molar-refractivity contribution is -0.104. The van der Waals surface area contributed by atoms with Gasteiger partial charge in [-0.15, -0.1) is 0 Å². The van der Waals surface area contributed by atoms with Crippen molar-refractivity contribution in [3.8, 4) is 0 Å². The van der Waals surface area contributed by atoms with Crippen molar-refractivity contribution >= 4 is 27.8 Å². The second-order valence-corrected chi connectivity index (χ2v) is 3.42. The highest BCUT2D eigenvalue weighted by atomic mass is 79.9. The highest BCUT2D eigenvalue weighted by Crippen LogP contribution is 2.22. The molecule has 0 saturated heterocycles. The van der Waals surface area contributed by atoms with Gasteiger partial charge in [-0.2, -0.15) is 0 Å². The van der Waals surface area contributed by atoms with Gasteiger partial charge >= 0.3 is 0 Å². The van der Waals surface area contributed by atoms with E-state index in [4.69, 9.17) is 0 Å². The van der Waals surface area contributed by atoms with Crippen LogP contribution in [0.3, 0.4) is 0 Å². The molecule has 0 N–H and O–H groups in total. The van der Waals surface area contributed by atoms with Crippen molar-refractivity contribution in [3.63, 3.8) is 0 Å². The van der Waals surface area contributed by atoms with Crippen LogP contribution in [0, 0.1) is 5.82 Å². The molecule has 1 aromatic carbocycles. The van der Waals surface area contributed by atoms with Crippen LogP contribution in [0.2, 0.25) is 0 Å². The largest absolute Gasteiger partial charge is 0.297 e. The lowest BCUT2D eigenvalue weighted by Gasteiger charge is -2.02. The Morgan fingerprint density at radius 1 is 1.46 bits per heavy atom. The Kier molecular flexibility index (Phi) is 3.37. The molecule has 0 saturated carbocycles. The van der Waals surface area contributed by atoms with Gasteiger partial charge in [0.1, 0.15) is 5.82 Å². The van der Waals surface area contributed by atoms with Gasteiger partial charge in [0.05, 0.1) is 4.48 Å². The minimum absolute atomic E-state index is 0.321. The van der Waals surface area contributed by atoms with Gasteiger partial charge in [-0.3, -0.25) is 4.79 Å². The van der Waals surface area contributed by atoms with E-state index in [1.165, 1.54) is 6.07 Å². The number of allylic oxidation sites excluding steroid dienone is 2. The second-order valence-electron chi connectivity index (χ2n) is 2.57. The zero-order chi connectivity index (χ0) is 9.84. The van der Waals surface area contributed by atoms with Crippen LogP contribution >= 0.6 is 15.9 Å². The maximum atomic E-state index is 13.2. The second kappa shape index (κ2) is 4.33. The Morgan fingerprint density at radius 2 is 2.08 bits per heavy atom. The molecule has 0 atom stereocenters. The van der Waals surface area contributed by atoms with E-state index in [0.29, 0.717) is 21.9 Å². The topological polar surface area (TPSA) is 17.1 Å². The molecule has 0 aliphatic carbocycles. The number of benzene rings is 1. The summed E-state index contributed by atoms with van der Waals surface area (Å²) in [4.78, 5) is 10.4. The molecule has 0 heterocycles. The number of hydrogen-bond donors (Lipinski definition) is 0. The molecule has 0 bridgehead atoms. The van der Waals surface area contributed by atoms with E-state index in [1.54, 1.807) is 25.1 Å². The summed E-state index contributed by atoms with van der Waals surface area (Å²) in [6.07, 6.45) is 0.655. The monoisotopic (exact) mass is 242 g/mol. The maximum absolute atomic E-state index is 13.2. The quantitative estimate of drug-likeness (QED) is 0.576. The first-order chi connectivity index (χ1) is 6.16. The van der Waals surface area contributed by atoms with E-state index >= 15 is 0 Å². The SMILES string of the molecule is C/C(=C(/Br)C=O)c1ccccc1F. The van der Waals surface area contributed by atoms with Crippen LogP contribution < -0.4 is 0 Å². The van der Waals surface area contributed by atoms with Gasteiger partial charge in [0, 0.05) is 5.56 Å². The summed E-state index contributed by atoms with van der Waals surface area (Å²) in [5.74, 6) is -0.321. The molecule has 0 spiro atoms. The maximum Gasteiger partial charge on any atom is 0.157 e. The number of aldehydes is 1. The molecule has 13 heavy (non-hydrogen) atoms. The van der Waals surface area contributed by atoms with Gasteiger partial charge in [0.2, 0.25) is 0 Å². The van der Waals surface area contributed by atoms with Crippen molar-refractivity contribution in [2.45, 2.75) is 6.92 Å². The molecule has 0 aromatic heterocycles. The summed E-state index contributed by atoms with van der Waals surface area (Å²) in [5, 5.41) is 0. The van der Waals surface area contributed by atoms with Gasteiger partial charge in [-0.05, 0) is 34.5 Å². The molecule has 0 unspecified atom stereocenters. The van der Waals surface area contributed by atoms with E-state index in [0.717, 1.165) is 0 Å². The average molecular weight is 243 g/mol. The highest BCUT2D eigenvalue weighted by Gasteiger charge is 2.05. The average Bonchev–Trinajstić information content (AvgIpc) is 2.16. The predicted octanol–water partition coefficient (Wildman–Crippen LogP) is 3.15. The van der Waals surface area contributed by atoms with E-state index in [9.17, 15) is 9.18 Å². The first-order valence-electron chi connectivity index (χ1n) is 3.73. The van der Waals surface area contributed by atoms with Crippen LogP contribution in [0.15, 0.2) is 28.7 Å². The summed E-state index contributed by atoms with van der Waals surface area (Å²) in [6.45, 7) is 1.69. The lowest BCUT2D eigenvalue weighted by atomic mass is 10.1. The third-order valence-corrected chi connectivity index (χ3v) is 2.52. The summed E-state index contributed by atoms with van der Waals surface area (Å²) >= 11 is 3.06. The van der Waals surface area contributed by atoms with Crippen molar-refractivity contribution in [1.82, 2.24) is 0 Å². The Morgan fingerprint density at radius 3 is 2.62 bits per heavy atom. The zero-order valence-electron chi connectivity index (χ0n) is 7.05. The molecule has 1 rings (SSSR count). The standard InChI is InChI=1S/C10H8BrFO/c1-7(9(11)6-13)8-4-2-3-5-10(8)12/h2-6H,1H3/b9-7-. The van der Waals surface area contributed by atoms with Gasteiger partial charge in [-0.1, -0.05) is 18.2 Å². The first kappa shape index (κ1) is 10.1. The van der Waals surface area contributed by atoms with Gasteiger partial charge in [-0.25, -0.2) is 4.39 Å². The summed E-state index contributed by atoms with van der Waals surface area (Å²) < 4.78 is 13.5. The minimum atomic E-state index is -0.321. The summed E-state index contributed by atoms with van der Waals surface area (Å²) in [5.41, 5.74) is 1.05. The molecule has 0 amide bonds. The molecule has 3 heteroatoms. The van der Waals surface area contributed by atoms with Crippen LogP contribution in [0.25, 0.3) is 5.57 Å². The lowest BCUT2D eigenvalue weighted by Crippen LogP contribution is -1.88. The van der Waals surface area contributed by atoms with Crippen molar-refractivity contribution in [2.75, 3.05) is 0 Å². The number of halogens is 2. The fraction of sp³-hybridized carbons (Fsp3) is 0.100. The van der Waals surface area contributed by atoms with E-state index in [1.807, 2.05) is 0 Å². The van der Waals surface area contributed by atoms with Crippen LogP contribution in [-0.4, -0.2) is 6.29 Å². The van der Waals surface area contributed by atoms with Gasteiger partial charge in [0.25, 0.3) is 0 Å². The van der Waals surface area contributed by atoms with E-state index in [-0.39, 0.29) is 5.82 Å². The highest BCUT2D eigenvalue weighted by molar-refractivity contribution is 9.12. The molecule has 1 nitrogen and oxygen atoms in total. The van der Waals surface area contributed by atoms with Gasteiger partial charge in [0.15, 0.2) is 6.29 Å². The van der Waals surface area contributed by atoms with Crippen LogP contribution in [0.1, 0.15) is 12.5 Å². The number of hydrogen-bond acceptors (Lipinski definition) is 1. The smallest absolute Gasteiger partial charge is 0.157 e. The molecule has 68 valence electrons. The van der Waals surface area contributed by atoms with E-state index in [2.05, 4.69) is 15.9 Å². The molecule has 0 radical (unpaired) electrons. The summed E-state index contributed by atoms with van der Waals surface area (Å²) in [7, 11) is 0. The van der Waals surface area contributed by atoms with Crippen molar-refractivity contribution < 1.29 is 9.18 Å². The van der Waals surface area contributed by atoms with Crippen LogP contribution in [0.4, 0.5) is 4.39 Å². The molecular weight excluding hydrogens is 235 g/mol. The molecule has 1 aromatic rings. The van der Waals surface area contributed by atoms with Crippen molar-refractivity contribution in [2.24, 2.45) is 0 Å². The third-order valence-electron chi connectivity index (χ3n) is 1.74. The fourth-order valence-electron chi connectivity index (χ4n) is 0.982. The normalized spacial score (nSPS) is 12.2. The Labute approximate surface area is 84.4 Å². The first-order valence-corrected chi connectivity index (χ1v) is 4.52.